The highest BCUT2D eigenvalue weighted by molar-refractivity contribution is 6.12. The van der Waals surface area contributed by atoms with Gasteiger partial charge in [0.25, 0.3) is 11.8 Å². The maximum Gasteiger partial charge on any atom is 0.258 e. The second-order valence-electron chi connectivity index (χ2n) is 9.71. The quantitative estimate of drug-likeness (QED) is 0.165. The summed E-state index contributed by atoms with van der Waals surface area (Å²) in [6.45, 7) is 2.02. The maximum absolute atomic E-state index is 13.5. The predicted octanol–water partition coefficient (Wildman–Crippen LogP) is 4.59. The van der Waals surface area contributed by atoms with Gasteiger partial charge in [0.15, 0.2) is 0 Å². The van der Waals surface area contributed by atoms with Gasteiger partial charge in [-0.3, -0.25) is 9.59 Å². The standard InChI is InChI=1S/C31H38N6O4/c1-37(26-13-6-5-10-22(26)20-41-17-8-4-3-7-16-32)31(39)21-14-15-24(27(18-21)40-2)35-30(38)23-11-9-12-25-29(23)36-28(19-33)34-25/h5-6,9-15,18H,3-4,7-8,16-17,19-20,32-33H2,1-2H3,(H,34,36)(H,35,38). The van der Waals surface area contributed by atoms with Crippen LogP contribution in [0.25, 0.3) is 11.0 Å². The van der Waals surface area contributed by atoms with Crippen molar-refractivity contribution in [3.63, 3.8) is 0 Å². The molecule has 10 heteroatoms. The van der Waals surface area contributed by atoms with E-state index in [4.69, 9.17) is 20.9 Å². The van der Waals surface area contributed by atoms with Crippen molar-refractivity contribution in [3.05, 3.63) is 83.2 Å². The van der Waals surface area contributed by atoms with E-state index in [1.807, 2.05) is 30.3 Å². The van der Waals surface area contributed by atoms with Crippen LogP contribution in [-0.4, -0.2) is 49.1 Å². The molecule has 0 bridgehead atoms. The number of unbranched alkanes of at least 4 members (excludes halogenated alkanes) is 3. The van der Waals surface area contributed by atoms with Crippen LogP contribution < -0.4 is 26.4 Å². The molecule has 2 amide bonds. The number of aromatic amines is 1. The molecule has 0 unspecified atom stereocenters. The number of imidazole rings is 1. The number of hydrogen-bond donors (Lipinski definition) is 4. The molecule has 3 aromatic carbocycles. The topological polar surface area (TPSA) is 149 Å². The molecule has 0 aliphatic carbocycles. The van der Waals surface area contributed by atoms with Crippen molar-refractivity contribution in [2.24, 2.45) is 11.5 Å². The molecule has 1 aromatic heterocycles. The molecule has 10 nitrogen and oxygen atoms in total. The summed E-state index contributed by atoms with van der Waals surface area (Å²) < 4.78 is 11.4. The number of nitrogens with one attached hydrogen (secondary N) is 2. The Balaban J connectivity index is 1.45. The minimum Gasteiger partial charge on any atom is -0.495 e. The number of anilines is 2. The number of nitrogens with two attached hydrogens (primary N) is 2. The highest BCUT2D eigenvalue weighted by Gasteiger charge is 2.20. The van der Waals surface area contributed by atoms with Gasteiger partial charge in [-0.1, -0.05) is 37.1 Å². The normalized spacial score (nSPS) is 11.0. The number of carbonyl (C=O) groups excluding carboxylic acids is 2. The number of H-pyrrole nitrogens is 1. The van der Waals surface area contributed by atoms with Crippen LogP contribution in [0.2, 0.25) is 0 Å². The number of ether oxygens (including phenoxy) is 2. The van der Waals surface area contributed by atoms with Gasteiger partial charge >= 0.3 is 0 Å². The van der Waals surface area contributed by atoms with Crippen LogP contribution in [0, 0.1) is 0 Å². The zero-order valence-corrected chi connectivity index (χ0v) is 23.6. The van der Waals surface area contributed by atoms with Gasteiger partial charge in [-0.2, -0.15) is 0 Å². The second kappa shape index (κ2) is 14.4. The third-order valence-electron chi connectivity index (χ3n) is 6.85. The molecule has 6 N–H and O–H groups in total. The summed E-state index contributed by atoms with van der Waals surface area (Å²) in [5.74, 6) is 0.386. The molecule has 216 valence electrons. The van der Waals surface area contributed by atoms with Crippen LogP contribution >= 0.6 is 0 Å². The molecule has 1 heterocycles. The van der Waals surface area contributed by atoms with E-state index in [0.29, 0.717) is 47.1 Å². The van der Waals surface area contributed by atoms with Crippen LogP contribution in [0.3, 0.4) is 0 Å². The molecule has 0 radical (unpaired) electrons. The highest BCUT2D eigenvalue weighted by Crippen LogP contribution is 2.29. The monoisotopic (exact) mass is 558 g/mol. The number of para-hydroxylation sites is 2. The Morgan fingerprint density at radius 2 is 1.80 bits per heavy atom. The molecule has 0 saturated carbocycles. The van der Waals surface area contributed by atoms with Crippen molar-refractivity contribution in [3.8, 4) is 5.75 Å². The highest BCUT2D eigenvalue weighted by atomic mass is 16.5. The Kier molecular flexibility index (Phi) is 10.4. The van der Waals surface area contributed by atoms with Gasteiger partial charge in [-0.05, 0) is 55.8 Å². The van der Waals surface area contributed by atoms with Crippen molar-refractivity contribution < 1.29 is 19.1 Å². The lowest BCUT2D eigenvalue weighted by molar-refractivity contribution is 0.0989. The van der Waals surface area contributed by atoms with Gasteiger partial charge in [0, 0.05) is 30.5 Å². The van der Waals surface area contributed by atoms with E-state index in [-0.39, 0.29) is 18.4 Å². The number of carbonyl (C=O) groups is 2. The molecule has 4 rings (SSSR count). The third-order valence-corrected chi connectivity index (χ3v) is 6.85. The first-order valence-electron chi connectivity index (χ1n) is 13.8. The zero-order valence-electron chi connectivity index (χ0n) is 23.6. The molecular weight excluding hydrogens is 520 g/mol. The lowest BCUT2D eigenvalue weighted by Gasteiger charge is -2.21. The number of rotatable bonds is 14. The Morgan fingerprint density at radius 3 is 2.59 bits per heavy atom. The molecular formula is C31H38N6O4. The number of benzene rings is 3. The number of hydrogen-bond acceptors (Lipinski definition) is 7. The predicted molar refractivity (Wildman–Crippen MR) is 161 cm³/mol. The fraction of sp³-hybridized carbons (Fsp3) is 0.323. The summed E-state index contributed by atoms with van der Waals surface area (Å²) in [5.41, 5.74) is 15.4. The van der Waals surface area contributed by atoms with Crippen LogP contribution in [-0.2, 0) is 17.9 Å². The van der Waals surface area contributed by atoms with E-state index >= 15 is 0 Å². The first-order valence-corrected chi connectivity index (χ1v) is 13.8. The maximum atomic E-state index is 13.5. The Labute approximate surface area is 240 Å². The van der Waals surface area contributed by atoms with Gasteiger partial charge in [0.1, 0.15) is 17.1 Å². The molecule has 0 aliphatic heterocycles. The van der Waals surface area contributed by atoms with E-state index in [1.165, 1.54) is 7.11 Å². The van der Waals surface area contributed by atoms with Crippen molar-refractivity contribution in [2.45, 2.75) is 38.8 Å². The first kappa shape index (κ1) is 29.7. The van der Waals surface area contributed by atoms with Gasteiger partial charge in [0.2, 0.25) is 0 Å². The van der Waals surface area contributed by atoms with Gasteiger partial charge < -0.3 is 36.1 Å². The fourth-order valence-corrected chi connectivity index (χ4v) is 4.63. The fourth-order valence-electron chi connectivity index (χ4n) is 4.63. The van der Waals surface area contributed by atoms with E-state index in [0.717, 1.165) is 49.0 Å². The molecule has 41 heavy (non-hydrogen) atoms. The number of fused-ring (bicyclic) bond motifs is 1. The minimum atomic E-state index is -0.353. The summed E-state index contributed by atoms with van der Waals surface area (Å²) in [4.78, 5) is 35.8. The lowest BCUT2D eigenvalue weighted by Crippen LogP contribution is -2.27. The average molecular weight is 559 g/mol. The summed E-state index contributed by atoms with van der Waals surface area (Å²) in [6, 6.07) is 17.9. The molecule has 0 aliphatic rings. The van der Waals surface area contributed by atoms with E-state index < -0.39 is 0 Å². The Morgan fingerprint density at radius 1 is 1.00 bits per heavy atom. The smallest absolute Gasteiger partial charge is 0.258 e. The van der Waals surface area contributed by atoms with Crippen LogP contribution in [0.4, 0.5) is 11.4 Å². The zero-order chi connectivity index (χ0) is 29.2. The van der Waals surface area contributed by atoms with Crippen molar-refractivity contribution in [2.75, 3.05) is 37.5 Å². The summed E-state index contributed by atoms with van der Waals surface area (Å²) in [6.07, 6.45) is 4.20. The minimum absolute atomic E-state index is 0.217. The summed E-state index contributed by atoms with van der Waals surface area (Å²) in [7, 11) is 3.23. The van der Waals surface area contributed by atoms with Crippen LogP contribution in [0.1, 0.15) is 57.8 Å². The summed E-state index contributed by atoms with van der Waals surface area (Å²) >= 11 is 0. The average Bonchev–Trinajstić information content (AvgIpc) is 3.44. The second-order valence-corrected chi connectivity index (χ2v) is 9.71. The Bertz CT molecular complexity index is 1480. The van der Waals surface area contributed by atoms with Gasteiger partial charge in [-0.25, -0.2) is 4.98 Å². The van der Waals surface area contributed by atoms with E-state index in [2.05, 4.69) is 15.3 Å². The number of amides is 2. The Hall–Kier alpha value is -4.25. The number of aromatic nitrogens is 2. The molecule has 0 atom stereocenters. The molecule has 4 aromatic rings. The van der Waals surface area contributed by atoms with Crippen LogP contribution in [0.15, 0.2) is 60.7 Å². The van der Waals surface area contributed by atoms with Gasteiger partial charge in [-0.15, -0.1) is 0 Å². The molecule has 0 fully saturated rings. The van der Waals surface area contributed by atoms with Gasteiger partial charge in [0.05, 0.1) is 37.0 Å². The number of methoxy groups -OCH3 is 1. The summed E-state index contributed by atoms with van der Waals surface area (Å²) in [5, 5.41) is 2.88. The first-order chi connectivity index (χ1) is 20.0. The lowest BCUT2D eigenvalue weighted by atomic mass is 10.1. The third kappa shape index (κ3) is 7.29. The van der Waals surface area contributed by atoms with Crippen molar-refractivity contribution in [1.29, 1.82) is 0 Å². The SMILES string of the molecule is COc1cc(C(=O)N(C)c2ccccc2COCCCCCCN)ccc1NC(=O)c1cccc2[nH]c(CN)nc12. The molecule has 0 saturated heterocycles. The van der Waals surface area contributed by atoms with E-state index in [9.17, 15) is 9.59 Å². The van der Waals surface area contributed by atoms with Crippen molar-refractivity contribution in [1.82, 2.24) is 9.97 Å². The molecule has 0 spiro atoms. The number of nitrogens with zero attached hydrogens (tertiary/aromatic N) is 2. The van der Waals surface area contributed by atoms with E-state index in [1.54, 1.807) is 42.3 Å². The van der Waals surface area contributed by atoms with Crippen LogP contribution in [0.5, 0.6) is 5.75 Å². The van der Waals surface area contributed by atoms with Crippen molar-refractivity contribution >= 4 is 34.2 Å². The largest absolute Gasteiger partial charge is 0.495 e.